The molecule has 0 saturated carbocycles. The van der Waals surface area contributed by atoms with E-state index in [9.17, 15) is 14.4 Å². The van der Waals surface area contributed by atoms with Crippen molar-refractivity contribution in [3.63, 3.8) is 0 Å². The summed E-state index contributed by atoms with van der Waals surface area (Å²) in [5.74, 6) is 0.293. The average Bonchev–Trinajstić information content (AvgIpc) is 3.13. The SMILES string of the molecule is CCCCNC(=O)CN1C(=O)N[C@](C)(c2ccc3c(c2)OCO3)C1=O. The number of imide groups is 1. The van der Waals surface area contributed by atoms with Crippen LogP contribution in [0.5, 0.6) is 11.5 Å². The van der Waals surface area contributed by atoms with Crippen molar-refractivity contribution in [2.75, 3.05) is 19.9 Å². The van der Waals surface area contributed by atoms with E-state index in [1.54, 1.807) is 25.1 Å². The molecule has 1 fully saturated rings. The van der Waals surface area contributed by atoms with E-state index < -0.39 is 17.5 Å². The topological polar surface area (TPSA) is 97.0 Å². The molecular weight excluding hydrogens is 326 g/mol. The number of nitrogens with one attached hydrogen (secondary N) is 2. The highest BCUT2D eigenvalue weighted by atomic mass is 16.7. The van der Waals surface area contributed by atoms with Crippen LogP contribution in [-0.2, 0) is 15.1 Å². The van der Waals surface area contributed by atoms with Crippen molar-refractivity contribution in [2.24, 2.45) is 0 Å². The molecule has 2 aliphatic rings. The van der Waals surface area contributed by atoms with Crippen LogP contribution >= 0.6 is 0 Å². The third-order valence-corrected chi connectivity index (χ3v) is 4.38. The monoisotopic (exact) mass is 347 g/mol. The van der Waals surface area contributed by atoms with Gasteiger partial charge in [0.05, 0.1) is 0 Å². The van der Waals surface area contributed by atoms with Gasteiger partial charge in [-0.1, -0.05) is 19.4 Å². The second-order valence-corrected chi connectivity index (χ2v) is 6.22. The fourth-order valence-corrected chi connectivity index (χ4v) is 2.85. The minimum Gasteiger partial charge on any atom is -0.454 e. The summed E-state index contributed by atoms with van der Waals surface area (Å²) in [4.78, 5) is 37.9. The minimum absolute atomic E-state index is 0.125. The van der Waals surface area contributed by atoms with Crippen molar-refractivity contribution >= 4 is 17.8 Å². The van der Waals surface area contributed by atoms with E-state index >= 15 is 0 Å². The summed E-state index contributed by atoms with van der Waals surface area (Å²) >= 11 is 0. The first kappa shape index (κ1) is 17.1. The van der Waals surface area contributed by atoms with Crippen molar-refractivity contribution in [1.82, 2.24) is 15.5 Å². The van der Waals surface area contributed by atoms with Gasteiger partial charge in [-0.15, -0.1) is 0 Å². The van der Waals surface area contributed by atoms with E-state index in [0.717, 1.165) is 17.7 Å². The number of carbonyl (C=O) groups is 3. The number of hydrogen-bond donors (Lipinski definition) is 2. The summed E-state index contributed by atoms with van der Waals surface area (Å²) in [6, 6.07) is 4.49. The van der Waals surface area contributed by atoms with Gasteiger partial charge in [0.2, 0.25) is 12.7 Å². The van der Waals surface area contributed by atoms with Crippen LogP contribution in [0.2, 0.25) is 0 Å². The highest BCUT2D eigenvalue weighted by Gasteiger charge is 2.49. The lowest BCUT2D eigenvalue weighted by atomic mass is 9.91. The number of carbonyl (C=O) groups excluding carboxylic acids is 3. The maximum atomic E-state index is 12.8. The maximum Gasteiger partial charge on any atom is 0.325 e. The van der Waals surface area contributed by atoms with Crippen LogP contribution in [0.4, 0.5) is 4.79 Å². The molecule has 2 aliphatic heterocycles. The van der Waals surface area contributed by atoms with E-state index in [1.165, 1.54) is 0 Å². The number of benzene rings is 1. The third kappa shape index (κ3) is 3.11. The Balaban J connectivity index is 1.74. The van der Waals surface area contributed by atoms with Gasteiger partial charge in [-0.05, 0) is 31.0 Å². The van der Waals surface area contributed by atoms with E-state index in [-0.39, 0.29) is 19.2 Å². The van der Waals surface area contributed by atoms with Crippen LogP contribution in [0.1, 0.15) is 32.3 Å². The first-order valence-electron chi connectivity index (χ1n) is 8.26. The molecule has 2 N–H and O–H groups in total. The summed E-state index contributed by atoms with van der Waals surface area (Å²) in [6.45, 7) is 3.98. The van der Waals surface area contributed by atoms with Gasteiger partial charge in [-0.2, -0.15) is 0 Å². The van der Waals surface area contributed by atoms with E-state index in [4.69, 9.17) is 9.47 Å². The normalized spacial score (nSPS) is 21.4. The van der Waals surface area contributed by atoms with Crippen LogP contribution in [0, 0.1) is 0 Å². The standard InChI is InChI=1S/C17H21N3O5/c1-3-4-7-18-14(21)9-20-15(22)17(2,19-16(20)23)11-5-6-12-13(8-11)25-10-24-12/h5-6,8H,3-4,7,9-10H2,1-2H3,(H,18,21)(H,19,23)/t17-/m1/s1. The molecule has 1 aromatic carbocycles. The third-order valence-electron chi connectivity index (χ3n) is 4.38. The fourth-order valence-electron chi connectivity index (χ4n) is 2.85. The predicted octanol–water partition coefficient (Wildman–Crippen LogP) is 1.10. The Morgan fingerprint density at radius 2 is 2.08 bits per heavy atom. The Bertz CT molecular complexity index is 720. The zero-order valence-corrected chi connectivity index (χ0v) is 14.3. The fraction of sp³-hybridized carbons (Fsp3) is 0.471. The molecule has 0 aromatic heterocycles. The van der Waals surface area contributed by atoms with E-state index in [1.807, 2.05) is 6.92 Å². The Morgan fingerprint density at radius 1 is 1.32 bits per heavy atom. The molecule has 0 spiro atoms. The second kappa shape index (κ2) is 6.62. The molecule has 1 atom stereocenters. The number of amides is 4. The summed E-state index contributed by atoms with van der Waals surface area (Å²) in [5.41, 5.74) is -0.675. The van der Waals surface area contributed by atoms with Gasteiger partial charge in [0.1, 0.15) is 12.1 Å². The molecule has 1 saturated heterocycles. The summed E-state index contributed by atoms with van der Waals surface area (Å²) in [6.07, 6.45) is 1.80. The Kier molecular flexibility index (Phi) is 4.52. The molecule has 0 bridgehead atoms. The van der Waals surface area contributed by atoms with Crippen LogP contribution < -0.4 is 20.1 Å². The highest BCUT2D eigenvalue weighted by molar-refractivity contribution is 6.09. The number of ether oxygens (including phenoxy) is 2. The van der Waals surface area contributed by atoms with Crippen LogP contribution in [0.3, 0.4) is 0 Å². The molecule has 8 nitrogen and oxygen atoms in total. The number of fused-ring (bicyclic) bond motifs is 1. The first-order chi connectivity index (χ1) is 12.0. The maximum absolute atomic E-state index is 12.8. The Labute approximate surface area is 145 Å². The molecule has 25 heavy (non-hydrogen) atoms. The van der Waals surface area contributed by atoms with Gasteiger partial charge >= 0.3 is 6.03 Å². The second-order valence-electron chi connectivity index (χ2n) is 6.22. The number of unbranched alkanes of at least 4 members (excludes halogenated alkanes) is 1. The minimum atomic E-state index is -1.25. The van der Waals surface area contributed by atoms with E-state index in [0.29, 0.717) is 23.6 Å². The van der Waals surface area contributed by atoms with Crippen LogP contribution in [0.15, 0.2) is 18.2 Å². The number of nitrogens with zero attached hydrogens (tertiary/aromatic N) is 1. The first-order valence-corrected chi connectivity index (χ1v) is 8.26. The average molecular weight is 347 g/mol. The molecule has 0 unspecified atom stereocenters. The molecule has 3 rings (SSSR count). The number of hydrogen-bond acceptors (Lipinski definition) is 5. The quantitative estimate of drug-likeness (QED) is 0.593. The molecule has 1 aromatic rings. The van der Waals surface area contributed by atoms with Gasteiger partial charge in [-0.3, -0.25) is 14.5 Å². The lowest BCUT2D eigenvalue weighted by Gasteiger charge is -2.22. The van der Waals surface area contributed by atoms with Crippen molar-refractivity contribution < 1.29 is 23.9 Å². The lowest BCUT2D eigenvalue weighted by molar-refractivity contribution is -0.134. The van der Waals surface area contributed by atoms with Gasteiger partial charge in [-0.25, -0.2) is 4.79 Å². The van der Waals surface area contributed by atoms with Crippen molar-refractivity contribution in [3.8, 4) is 11.5 Å². The van der Waals surface area contributed by atoms with Gasteiger partial charge in [0.25, 0.3) is 5.91 Å². The molecule has 0 radical (unpaired) electrons. The summed E-state index contributed by atoms with van der Waals surface area (Å²) in [5, 5.41) is 5.37. The predicted molar refractivity (Wildman–Crippen MR) is 88.1 cm³/mol. The smallest absolute Gasteiger partial charge is 0.325 e. The van der Waals surface area contributed by atoms with Crippen LogP contribution in [-0.4, -0.2) is 42.6 Å². The van der Waals surface area contributed by atoms with Crippen LogP contribution in [0.25, 0.3) is 0 Å². The Morgan fingerprint density at radius 3 is 2.84 bits per heavy atom. The summed E-state index contributed by atoms with van der Waals surface area (Å²) in [7, 11) is 0. The number of urea groups is 1. The molecule has 0 aliphatic carbocycles. The van der Waals surface area contributed by atoms with Crippen molar-refractivity contribution in [1.29, 1.82) is 0 Å². The van der Waals surface area contributed by atoms with E-state index in [2.05, 4.69) is 10.6 Å². The Hall–Kier alpha value is -2.77. The lowest BCUT2D eigenvalue weighted by Crippen LogP contribution is -2.43. The molecule has 4 amide bonds. The van der Waals surface area contributed by atoms with Crippen molar-refractivity contribution in [2.45, 2.75) is 32.2 Å². The molecule has 2 heterocycles. The molecule has 134 valence electrons. The highest BCUT2D eigenvalue weighted by Crippen LogP contribution is 2.37. The van der Waals surface area contributed by atoms with Gasteiger partial charge in [0, 0.05) is 6.54 Å². The zero-order valence-electron chi connectivity index (χ0n) is 14.3. The molecular formula is C17H21N3O5. The number of rotatable bonds is 6. The van der Waals surface area contributed by atoms with Gasteiger partial charge in [0.15, 0.2) is 11.5 Å². The molecule has 8 heteroatoms. The van der Waals surface area contributed by atoms with Gasteiger partial charge < -0.3 is 20.1 Å². The zero-order chi connectivity index (χ0) is 18.0. The summed E-state index contributed by atoms with van der Waals surface area (Å²) < 4.78 is 10.6. The van der Waals surface area contributed by atoms with Crippen molar-refractivity contribution in [3.05, 3.63) is 23.8 Å². The largest absolute Gasteiger partial charge is 0.454 e.